The second-order valence-electron chi connectivity index (χ2n) is 6.83. The van der Waals surface area contributed by atoms with Gasteiger partial charge in [0.15, 0.2) is 0 Å². The number of hydrogen-bond donors (Lipinski definition) is 2. The van der Waals surface area contributed by atoms with E-state index >= 15 is 0 Å². The van der Waals surface area contributed by atoms with Gasteiger partial charge in [0.1, 0.15) is 0 Å². The minimum Gasteiger partial charge on any atom is -0.352 e. The summed E-state index contributed by atoms with van der Waals surface area (Å²) in [5.41, 5.74) is 2.04. The van der Waals surface area contributed by atoms with E-state index < -0.39 is 0 Å². The van der Waals surface area contributed by atoms with Crippen LogP contribution in [0.2, 0.25) is 0 Å². The van der Waals surface area contributed by atoms with Gasteiger partial charge in [0.05, 0.1) is 5.92 Å². The number of piperidine rings is 1. The lowest BCUT2D eigenvalue weighted by atomic mass is 9.94. The molecule has 0 spiro atoms. The Morgan fingerprint density at radius 3 is 2.67 bits per heavy atom. The lowest BCUT2D eigenvalue weighted by Gasteiger charge is -2.31. The van der Waals surface area contributed by atoms with Crippen molar-refractivity contribution in [2.24, 2.45) is 11.8 Å². The second kappa shape index (κ2) is 7.99. The molecule has 2 N–H and O–H groups in total. The van der Waals surface area contributed by atoms with Crippen LogP contribution < -0.4 is 15.5 Å². The molecule has 1 aromatic carbocycles. The summed E-state index contributed by atoms with van der Waals surface area (Å²) in [5, 5.41) is 6.45. The maximum absolute atomic E-state index is 12.5. The summed E-state index contributed by atoms with van der Waals surface area (Å²) in [6.45, 7) is 6.49. The van der Waals surface area contributed by atoms with E-state index in [-0.39, 0.29) is 36.2 Å². The Labute approximate surface area is 149 Å². The topological polar surface area (TPSA) is 61.4 Å². The summed E-state index contributed by atoms with van der Waals surface area (Å²) >= 11 is 0. The first-order valence-electron chi connectivity index (χ1n) is 8.42. The first-order chi connectivity index (χ1) is 11.0. The molecule has 0 aliphatic carbocycles. The molecule has 2 saturated heterocycles. The van der Waals surface area contributed by atoms with Crippen molar-refractivity contribution in [2.45, 2.75) is 32.7 Å². The van der Waals surface area contributed by atoms with Crippen molar-refractivity contribution in [2.75, 3.05) is 24.5 Å². The standard InChI is InChI=1S/C18H25N3O2.ClH/c1-12-3-5-15(6-4-12)21-11-14(9-17(21)22)18(23)20-16-10-19-8-7-13(16)2;/h3-6,13-14,16,19H,7-11H2,1-2H3,(H,20,23);1H. The van der Waals surface area contributed by atoms with Gasteiger partial charge in [-0.15, -0.1) is 12.4 Å². The summed E-state index contributed by atoms with van der Waals surface area (Å²) < 4.78 is 0. The number of nitrogens with one attached hydrogen (secondary N) is 2. The predicted molar refractivity (Wildman–Crippen MR) is 97.5 cm³/mol. The second-order valence-corrected chi connectivity index (χ2v) is 6.83. The van der Waals surface area contributed by atoms with Crippen LogP contribution in [0.15, 0.2) is 24.3 Å². The van der Waals surface area contributed by atoms with Crippen LogP contribution in [0.1, 0.15) is 25.3 Å². The van der Waals surface area contributed by atoms with Gasteiger partial charge in [-0.3, -0.25) is 9.59 Å². The number of nitrogens with zero attached hydrogens (tertiary/aromatic N) is 1. The first kappa shape index (κ1) is 18.7. The fourth-order valence-electron chi connectivity index (χ4n) is 3.34. The van der Waals surface area contributed by atoms with Crippen LogP contribution in [0.4, 0.5) is 5.69 Å². The summed E-state index contributed by atoms with van der Waals surface area (Å²) in [6.07, 6.45) is 1.37. The molecule has 0 saturated carbocycles. The Morgan fingerprint density at radius 2 is 2.00 bits per heavy atom. The van der Waals surface area contributed by atoms with E-state index in [9.17, 15) is 9.59 Å². The van der Waals surface area contributed by atoms with Crippen LogP contribution >= 0.6 is 12.4 Å². The number of halogens is 1. The molecule has 2 amide bonds. The molecule has 1 aromatic rings. The molecular formula is C18H26ClN3O2. The predicted octanol–water partition coefficient (Wildman–Crippen LogP) is 1.88. The van der Waals surface area contributed by atoms with Crippen molar-refractivity contribution >= 4 is 29.9 Å². The molecule has 2 aliphatic heterocycles. The molecule has 5 nitrogen and oxygen atoms in total. The average molecular weight is 352 g/mol. The summed E-state index contributed by atoms with van der Waals surface area (Å²) in [5.74, 6) is 0.265. The maximum Gasteiger partial charge on any atom is 0.227 e. The molecule has 0 aromatic heterocycles. The monoisotopic (exact) mass is 351 g/mol. The third-order valence-electron chi connectivity index (χ3n) is 5.00. The van der Waals surface area contributed by atoms with E-state index in [1.807, 2.05) is 31.2 Å². The van der Waals surface area contributed by atoms with Crippen LogP contribution in [0.3, 0.4) is 0 Å². The van der Waals surface area contributed by atoms with Crippen molar-refractivity contribution in [1.82, 2.24) is 10.6 Å². The Hall–Kier alpha value is -1.59. The molecule has 2 aliphatic rings. The minimum atomic E-state index is -0.252. The molecule has 3 unspecified atom stereocenters. The smallest absolute Gasteiger partial charge is 0.227 e. The SMILES string of the molecule is Cc1ccc(N2CC(C(=O)NC3CNCCC3C)CC2=O)cc1.Cl. The Balaban J connectivity index is 0.00000208. The van der Waals surface area contributed by atoms with Crippen LogP contribution in [-0.2, 0) is 9.59 Å². The number of amides is 2. The highest BCUT2D eigenvalue weighted by Gasteiger charge is 2.36. The van der Waals surface area contributed by atoms with Crippen LogP contribution in [0.5, 0.6) is 0 Å². The first-order valence-corrected chi connectivity index (χ1v) is 8.42. The Morgan fingerprint density at radius 1 is 1.29 bits per heavy atom. The number of hydrogen-bond acceptors (Lipinski definition) is 3. The molecule has 24 heavy (non-hydrogen) atoms. The summed E-state index contributed by atoms with van der Waals surface area (Å²) in [4.78, 5) is 26.5. The quantitative estimate of drug-likeness (QED) is 0.874. The van der Waals surface area contributed by atoms with E-state index in [1.165, 1.54) is 0 Å². The number of carbonyl (C=O) groups is 2. The van der Waals surface area contributed by atoms with Crippen molar-refractivity contribution in [3.05, 3.63) is 29.8 Å². The molecule has 3 atom stereocenters. The van der Waals surface area contributed by atoms with E-state index in [2.05, 4.69) is 17.6 Å². The van der Waals surface area contributed by atoms with Crippen molar-refractivity contribution in [1.29, 1.82) is 0 Å². The fraction of sp³-hybridized carbons (Fsp3) is 0.556. The number of aryl methyl sites for hydroxylation is 1. The van der Waals surface area contributed by atoms with Gasteiger partial charge in [0.2, 0.25) is 11.8 Å². The number of benzene rings is 1. The minimum absolute atomic E-state index is 0. The molecule has 132 valence electrons. The normalized spacial score (nSPS) is 26.8. The zero-order valence-corrected chi connectivity index (χ0v) is 15.1. The van der Waals surface area contributed by atoms with Gasteiger partial charge in [0.25, 0.3) is 0 Å². The molecule has 0 radical (unpaired) electrons. The Kier molecular flexibility index (Phi) is 6.24. The van der Waals surface area contributed by atoms with Gasteiger partial charge < -0.3 is 15.5 Å². The van der Waals surface area contributed by atoms with Gasteiger partial charge in [-0.05, 0) is 37.9 Å². The van der Waals surface area contributed by atoms with E-state index in [0.29, 0.717) is 18.9 Å². The number of rotatable bonds is 3. The van der Waals surface area contributed by atoms with Crippen LogP contribution in [-0.4, -0.2) is 37.5 Å². The summed E-state index contributed by atoms with van der Waals surface area (Å²) in [6, 6.07) is 8.04. The highest BCUT2D eigenvalue weighted by Crippen LogP contribution is 2.26. The van der Waals surface area contributed by atoms with Gasteiger partial charge in [-0.2, -0.15) is 0 Å². The maximum atomic E-state index is 12.5. The lowest BCUT2D eigenvalue weighted by molar-refractivity contribution is -0.127. The van der Waals surface area contributed by atoms with Crippen molar-refractivity contribution in [3.63, 3.8) is 0 Å². The number of anilines is 1. The zero-order valence-electron chi connectivity index (χ0n) is 14.2. The van der Waals surface area contributed by atoms with Gasteiger partial charge in [-0.25, -0.2) is 0 Å². The Bertz CT molecular complexity index is 590. The third-order valence-corrected chi connectivity index (χ3v) is 5.00. The van der Waals surface area contributed by atoms with Crippen LogP contribution in [0, 0.1) is 18.8 Å². The molecular weight excluding hydrogens is 326 g/mol. The fourth-order valence-corrected chi connectivity index (χ4v) is 3.34. The average Bonchev–Trinajstić information content (AvgIpc) is 2.92. The third kappa shape index (κ3) is 4.08. The number of carbonyl (C=O) groups excluding carboxylic acids is 2. The largest absolute Gasteiger partial charge is 0.352 e. The highest BCUT2D eigenvalue weighted by atomic mass is 35.5. The molecule has 2 fully saturated rings. The highest BCUT2D eigenvalue weighted by molar-refractivity contribution is 6.00. The van der Waals surface area contributed by atoms with Gasteiger partial charge >= 0.3 is 0 Å². The molecule has 6 heteroatoms. The van der Waals surface area contributed by atoms with E-state index in [1.54, 1.807) is 4.90 Å². The van der Waals surface area contributed by atoms with Gasteiger partial charge in [0, 0.05) is 31.2 Å². The lowest BCUT2D eigenvalue weighted by Crippen LogP contribution is -2.51. The summed E-state index contributed by atoms with van der Waals surface area (Å²) in [7, 11) is 0. The molecule has 3 rings (SSSR count). The molecule has 2 heterocycles. The van der Waals surface area contributed by atoms with E-state index in [4.69, 9.17) is 0 Å². The van der Waals surface area contributed by atoms with Crippen LogP contribution in [0.25, 0.3) is 0 Å². The van der Waals surface area contributed by atoms with E-state index in [0.717, 1.165) is 30.8 Å². The molecule has 0 bridgehead atoms. The van der Waals surface area contributed by atoms with Crippen molar-refractivity contribution in [3.8, 4) is 0 Å². The van der Waals surface area contributed by atoms with Crippen molar-refractivity contribution < 1.29 is 9.59 Å². The zero-order chi connectivity index (χ0) is 16.4. The van der Waals surface area contributed by atoms with Gasteiger partial charge in [-0.1, -0.05) is 24.6 Å².